The summed E-state index contributed by atoms with van der Waals surface area (Å²) in [5, 5.41) is 2.99. The monoisotopic (exact) mass is 389 g/mol. The number of ether oxygens (including phenoxy) is 3. The quantitative estimate of drug-likeness (QED) is 0.654. The van der Waals surface area contributed by atoms with E-state index in [0.717, 1.165) is 11.3 Å². The number of anilines is 1. The Hall–Kier alpha value is -3.47. The van der Waals surface area contributed by atoms with Crippen LogP contribution in [0.15, 0.2) is 72.8 Å². The number of nitrogens with one attached hydrogen (secondary N) is 1. The second kappa shape index (κ2) is 7.87. The standard InChI is InChI=1S/C24H23NO4/c1-24(2,17-8-13-21-22(16-17)28-15-14-27-21)23(26)25-18-9-11-20(12-10-18)29-19-6-4-3-5-7-19/h3-13,16H,14-15H2,1-2H3,(H,25,26). The number of benzene rings is 3. The van der Waals surface area contributed by atoms with Crippen molar-refractivity contribution in [3.63, 3.8) is 0 Å². The van der Waals surface area contributed by atoms with Gasteiger partial charge in [0, 0.05) is 5.69 Å². The van der Waals surface area contributed by atoms with Crippen LogP contribution in [0.5, 0.6) is 23.0 Å². The van der Waals surface area contributed by atoms with E-state index in [0.29, 0.717) is 36.1 Å². The first-order chi connectivity index (χ1) is 14.0. The summed E-state index contributed by atoms with van der Waals surface area (Å²) in [6.45, 7) is 4.84. The van der Waals surface area contributed by atoms with E-state index >= 15 is 0 Å². The second-order valence-corrected chi connectivity index (χ2v) is 7.38. The van der Waals surface area contributed by atoms with E-state index in [1.807, 2.05) is 86.6 Å². The van der Waals surface area contributed by atoms with Gasteiger partial charge in [-0.2, -0.15) is 0 Å². The zero-order chi connectivity index (χ0) is 20.3. The topological polar surface area (TPSA) is 56.8 Å². The lowest BCUT2D eigenvalue weighted by Crippen LogP contribution is -2.34. The normalized spacial score (nSPS) is 12.9. The van der Waals surface area contributed by atoms with Crippen LogP contribution in [0.2, 0.25) is 0 Å². The van der Waals surface area contributed by atoms with E-state index in [9.17, 15) is 4.79 Å². The minimum atomic E-state index is -0.741. The van der Waals surface area contributed by atoms with Gasteiger partial charge in [0.25, 0.3) is 0 Å². The van der Waals surface area contributed by atoms with Crippen LogP contribution in [-0.4, -0.2) is 19.1 Å². The molecule has 0 aliphatic carbocycles. The van der Waals surface area contributed by atoms with Crippen molar-refractivity contribution in [1.82, 2.24) is 0 Å². The first-order valence-corrected chi connectivity index (χ1v) is 9.57. The predicted molar refractivity (Wildman–Crippen MR) is 112 cm³/mol. The molecule has 1 N–H and O–H groups in total. The molecular formula is C24H23NO4. The van der Waals surface area contributed by atoms with Crippen molar-refractivity contribution in [1.29, 1.82) is 0 Å². The molecular weight excluding hydrogens is 366 g/mol. The van der Waals surface area contributed by atoms with Crippen molar-refractivity contribution in [2.45, 2.75) is 19.3 Å². The van der Waals surface area contributed by atoms with Crippen molar-refractivity contribution >= 4 is 11.6 Å². The lowest BCUT2D eigenvalue weighted by atomic mass is 9.83. The third-order valence-corrected chi connectivity index (χ3v) is 4.92. The fraction of sp³-hybridized carbons (Fsp3) is 0.208. The van der Waals surface area contributed by atoms with Crippen LogP contribution in [0, 0.1) is 0 Å². The molecule has 3 aromatic carbocycles. The van der Waals surface area contributed by atoms with Gasteiger partial charge in [-0.15, -0.1) is 0 Å². The molecule has 0 fully saturated rings. The van der Waals surface area contributed by atoms with Crippen molar-refractivity contribution < 1.29 is 19.0 Å². The zero-order valence-corrected chi connectivity index (χ0v) is 16.5. The molecule has 0 radical (unpaired) electrons. The van der Waals surface area contributed by atoms with Crippen LogP contribution < -0.4 is 19.5 Å². The predicted octanol–water partition coefficient (Wildman–Crippen LogP) is 5.17. The number of rotatable bonds is 5. The molecule has 0 atom stereocenters. The molecule has 29 heavy (non-hydrogen) atoms. The molecule has 5 nitrogen and oxygen atoms in total. The van der Waals surface area contributed by atoms with Gasteiger partial charge < -0.3 is 19.5 Å². The Morgan fingerprint density at radius 1 is 0.862 bits per heavy atom. The Kier molecular flexibility index (Phi) is 5.12. The van der Waals surface area contributed by atoms with Gasteiger partial charge in [0.2, 0.25) is 5.91 Å². The first kappa shape index (κ1) is 18.9. The molecule has 0 spiro atoms. The maximum absolute atomic E-state index is 13.0. The largest absolute Gasteiger partial charge is 0.486 e. The lowest BCUT2D eigenvalue weighted by Gasteiger charge is -2.26. The molecule has 0 saturated carbocycles. The summed E-state index contributed by atoms with van der Waals surface area (Å²) in [6, 6.07) is 22.5. The van der Waals surface area contributed by atoms with Gasteiger partial charge in [-0.25, -0.2) is 0 Å². The van der Waals surface area contributed by atoms with E-state index < -0.39 is 5.41 Å². The van der Waals surface area contributed by atoms with Crippen LogP contribution >= 0.6 is 0 Å². The van der Waals surface area contributed by atoms with Gasteiger partial charge in [-0.05, 0) is 67.9 Å². The highest BCUT2D eigenvalue weighted by Crippen LogP contribution is 2.35. The molecule has 3 aromatic rings. The van der Waals surface area contributed by atoms with Crippen molar-refractivity contribution in [2.75, 3.05) is 18.5 Å². The van der Waals surface area contributed by atoms with E-state index in [2.05, 4.69) is 5.32 Å². The summed E-state index contributed by atoms with van der Waals surface area (Å²) < 4.78 is 17.0. The summed E-state index contributed by atoms with van der Waals surface area (Å²) in [4.78, 5) is 13.0. The number of amides is 1. The Morgan fingerprint density at radius 3 is 2.24 bits per heavy atom. The smallest absolute Gasteiger partial charge is 0.234 e. The summed E-state index contributed by atoms with van der Waals surface area (Å²) in [5.41, 5.74) is 0.832. The van der Waals surface area contributed by atoms with Crippen LogP contribution in [0.25, 0.3) is 0 Å². The van der Waals surface area contributed by atoms with Crippen LogP contribution in [0.3, 0.4) is 0 Å². The van der Waals surface area contributed by atoms with Crippen molar-refractivity contribution in [3.05, 3.63) is 78.4 Å². The molecule has 0 bridgehead atoms. The minimum Gasteiger partial charge on any atom is -0.486 e. The summed E-state index contributed by atoms with van der Waals surface area (Å²) in [6.07, 6.45) is 0. The summed E-state index contributed by atoms with van der Waals surface area (Å²) >= 11 is 0. The fourth-order valence-corrected chi connectivity index (χ4v) is 3.08. The molecule has 0 unspecified atom stereocenters. The Balaban J connectivity index is 1.45. The number of hydrogen-bond acceptors (Lipinski definition) is 4. The lowest BCUT2D eigenvalue weighted by molar-refractivity contribution is -0.120. The summed E-state index contributed by atoms with van der Waals surface area (Å²) in [7, 11) is 0. The molecule has 4 rings (SSSR count). The minimum absolute atomic E-state index is 0.106. The third-order valence-electron chi connectivity index (χ3n) is 4.92. The molecule has 148 valence electrons. The highest BCUT2D eigenvalue weighted by Gasteiger charge is 2.31. The van der Waals surface area contributed by atoms with E-state index in [-0.39, 0.29) is 5.91 Å². The van der Waals surface area contributed by atoms with Gasteiger partial charge in [0.15, 0.2) is 11.5 Å². The van der Waals surface area contributed by atoms with Crippen molar-refractivity contribution in [3.8, 4) is 23.0 Å². The maximum atomic E-state index is 13.0. The Bertz CT molecular complexity index is 997. The van der Waals surface area contributed by atoms with Gasteiger partial charge in [-0.1, -0.05) is 24.3 Å². The number of carbonyl (C=O) groups excluding carboxylic acids is 1. The van der Waals surface area contributed by atoms with Crippen molar-refractivity contribution in [2.24, 2.45) is 0 Å². The highest BCUT2D eigenvalue weighted by molar-refractivity contribution is 5.98. The van der Waals surface area contributed by atoms with Crippen LogP contribution in [0.1, 0.15) is 19.4 Å². The third kappa shape index (κ3) is 4.19. The molecule has 0 aromatic heterocycles. The van der Waals surface area contributed by atoms with Gasteiger partial charge >= 0.3 is 0 Å². The van der Waals surface area contributed by atoms with E-state index in [1.54, 1.807) is 0 Å². The molecule has 1 amide bonds. The van der Waals surface area contributed by atoms with Gasteiger partial charge in [0.1, 0.15) is 24.7 Å². The Morgan fingerprint density at radius 2 is 1.52 bits per heavy atom. The maximum Gasteiger partial charge on any atom is 0.234 e. The fourth-order valence-electron chi connectivity index (χ4n) is 3.08. The number of fused-ring (bicyclic) bond motifs is 1. The molecule has 1 aliphatic rings. The average Bonchev–Trinajstić information content (AvgIpc) is 2.75. The summed E-state index contributed by atoms with van der Waals surface area (Å²) in [5.74, 6) is 2.76. The molecule has 5 heteroatoms. The van der Waals surface area contributed by atoms with E-state index in [1.165, 1.54) is 0 Å². The van der Waals surface area contributed by atoms with E-state index in [4.69, 9.17) is 14.2 Å². The van der Waals surface area contributed by atoms with Gasteiger partial charge in [0.05, 0.1) is 5.41 Å². The van der Waals surface area contributed by atoms with Crippen LogP contribution in [0.4, 0.5) is 5.69 Å². The number of carbonyl (C=O) groups is 1. The molecule has 1 aliphatic heterocycles. The zero-order valence-electron chi connectivity index (χ0n) is 16.5. The van der Waals surface area contributed by atoms with Gasteiger partial charge in [-0.3, -0.25) is 4.79 Å². The van der Waals surface area contributed by atoms with Crippen LogP contribution in [-0.2, 0) is 10.2 Å². The first-order valence-electron chi connectivity index (χ1n) is 9.57. The highest BCUT2D eigenvalue weighted by atomic mass is 16.6. The number of para-hydroxylation sites is 1. The Labute approximate surface area is 170 Å². The SMILES string of the molecule is CC(C)(C(=O)Nc1ccc(Oc2ccccc2)cc1)c1ccc2c(c1)OCCO2. The second-order valence-electron chi connectivity index (χ2n) is 7.38. The molecule has 1 heterocycles. The average molecular weight is 389 g/mol. The number of hydrogen-bond donors (Lipinski definition) is 1. The molecule has 0 saturated heterocycles.